The van der Waals surface area contributed by atoms with Crippen molar-refractivity contribution < 1.29 is 0 Å². The van der Waals surface area contributed by atoms with E-state index in [2.05, 4.69) is 286 Å². The fraction of sp³-hybridized carbons (Fsp3) is 0.0588. The Morgan fingerprint density at radius 1 is 0.329 bits per heavy atom. The number of allylic oxidation sites excluding steroid dienone is 8. The summed E-state index contributed by atoms with van der Waals surface area (Å²) in [7, 11) is 0. The summed E-state index contributed by atoms with van der Waals surface area (Å²) in [6.45, 7) is 16.0. The molecule has 0 aliphatic rings. The number of rotatable bonds is 15. The van der Waals surface area contributed by atoms with Crippen LogP contribution in [0.3, 0.4) is 0 Å². The third kappa shape index (κ3) is 11.0. The Morgan fingerprint density at radius 3 is 0.843 bits per heavy atom. The summed E-state index contributed by atoms with van der Waals surface area (Å²) in [6.07, 6.45) is 12.0. The van der Waals surface area contributed by atoms with E-state index in [1.165, 1.54) is 39.0 Å². The fourth-order valence-electron chi connectivity index (χ4n) is 8.78. The highest BCUT2D eigenvalue weighted by atomic mass is 15.1. The van der Waals surface area contributed by atoms with Gasteiger partial charge in [-0.2, -0.15) is 0 Å². The zero-order chi connectivity index (χ0) is 48.7. The molecule has 9 aromatic rings. The van der Waals surface area contributed by atoms with Crippen LogP contribution in [0.1, 0.15) is 38.8 Å². The third-order valence-corrected chi connectivity index (χ3v) is 12.4. The molecule has 0 aliphatic heterocycles. The maximum atomic E-state index is 4.01. The summed E-state index contributed by atoms with van der Waals surface area (Å²) in [5.41, 5.74) is 20.4. The van der Waals surface area contributed by atoms with Gasteiger partial charge in [-0.1, -0.05) is 221 Å². The lowest BCUT2D eigenvalue weighted by molar-refractivity contribution is 1.28. The maximum Gasteiger partial charge on any atom is 0.0462 e. The lowest BCUT2D eigenvalue weighted by Gasteiger charge is -2.26. The number of hydrogen-bond acceptors (Lipinski definition) is 2. The molecule has 0 saturated heterocycles. The van der Waals surface area contributed by atoms with Gasteiger partial charge in [0.25, 0.3) is 0 Å². The molecule has 0 saturated carbocycles. The second kappa shape index (κ2) is 23.3. The van der Waals surface area contributed by atoms with Gasteiger partial charge in [-0.05, 0) is 153 Å². The van der Waals surface area contributed by atoms with Crippen molar-refractivity contribution in [3.63, 3.8) is 0 Å². The van der Waals surface area contributed by atoms with E-state index in [9.17, 15) is 0 Å². The molecular formula is C68H60N2. The summed E-state index contributed by atoms with van der Waals surface area (Å²) < 4.78 is 0. The minimum absolute atomic E-state index is 1.03. The quantitative estimate of drug-likeness (QED) is 0.0946. The van der Waals surface area contributed by atoms with Gasteiger partial charge in [0.2, 0.25) is 0 Å². The second-order valence-corrected chi connectivity index (χ2v) is 16.6. The highest BCUT2D eigenvalue weighted by molar-refractivity contribution is 5.84. The molecule has 0 aromatic heterocycles. The lowest BCUT2D eigenvalue weighted by atomic mass is 9.99. The molecular weight excluding hydrogens is 845 g/mol. The first kappa shape index (κ1) is 47.8. The Kier molecular flexibility index (Phi) is 15.9. The predicted molar refractivity (Wildman–Crippen MR) is 306 cm³/mol. The largest absolute Gasteiger partial charge is 0.311 e. The van der Waals surface area contributed by atoms with Crippen molar-refractivity contribution in [1.29, 1.82) is 0 Å². The summed E-state index contributed by atoms with van der Waals surface area (Å²) in [5, 5.41) is 0. The van der Waals surface area contributed by atoms with E-state index in [0.717, 1.165) is 62.0 Å². The average Bonchev–Trinajstić information content (AvgIpc) is 3.44. The van der Waals surface area contributed by atoms with Crippen LogP contribution in [0.2, 0.25) is 0 Å². The number of hydrogen-bond donors (Lipinski definition) is 0. The van der Waals surface area contributed by atoms with Crippen LogP contribution >= 0.6 is 0 Å². The summed E-state index contributed by atoms with van der Waals surface area (Å²) >= 11 is 0. The van der Waals surface area contributed by atoms with Gasteiger partial charge in [-0.25, -0.2) is 0 Å². The molecule has 0 atom stereocenters. The summed E-state index contributed by atoms with van der Waals surface area (Å²) in [5.74, 6) is 0. The molecule has 0 amide bonds. The topological polar surface area (TPSA) is 6.48 Å². The minimum atomic E-state index is 1.03. The van der Waals surface area contributed by atoms with E-state index in [1.807, 2.05) is 26.0 Å². The zero-order valence-electron chi connectivity index (χ0n) is 40.7. The van der Waals surface area contributed by atoms with Crippen LogP contribution in [0, 0.1) is 0 Å². The van der Waals surface area contributed by atoms with Crippen LogP contribution in [-0.2, 0) is 0 Å². The van der Waals surface area contributed by atoms with Crippen molar-refractivity contribution in [3.05, 3.63) is 291 Å². The highest BCUT2D eigenvalue weighted by Crippen LogP contribution is 2.40. The van der Waals surface area contributed by atoms with E-state index < -0.39 is 0 Å². The normalized spacial score (nSPS) is 11.4. The monoisotopic (exact) mass is 904 g/mol. The van der Waals surface area contributed by atoms with Crippen LogP contribution in [0.15, 0.2) is 280 Å². The maximum absolute atomic E-state index is 4.01. The van der Waals surface area contributed by atoms with Crippen LogP contribution in [0.4, 0.5) is 34.1 Å². The molecule has 0 fully saturated rings. The SMILES string of the molecule is C=C/C=C(\C=C)c1ccc(N(c2ccc(-c3ccccc3)cc2)c2ccc(-c3ccc(-c4ccc(N(c5ccc(C(/C=C\C)=C/C)cc5)c5ccc(-c6ccccc6)cc5)cc4)cc3)cc2)cc1.CC. The van der Waals surface area contributed by atoms with Gasteiger partial charge in [0.05, 0.1) is 0 Å². The van der Waals surface area contributed by atoms with E-state index >= 15 is 0 Å². The standard InChI is InChI=1S/C66H54N2.C2H6/c1-5-15-49(7-3)53-25-37-61(38-26-53)67(63-41-29-57(30-42-63)51-17-11-9-12-18-51)65-45-33-59(34-46-65)55-21-23-56(24-22-55)60-35-47-66(48-36-60)68(62-39-27-54(28-40-62)50(8-4)16-6-2)64-43-31-58(32-44-64)52-19-13-10-14-20-52;1-2/h5-48H,1,3H2,2,4H3;1-2H3/b16-6-,49-15+,50-8+;. The number of nitrogens with zero attached hydrogens (tertiary/aromatic N) is 2. The Bertz CT molecular complexity index is 3180. The predicted octanol–water partition coefficient (Wildman–Crippen LogP) is 20.1. The van der Waals surface area contributed by atoms with E-state index in [4.69, 9.17) is 0 Å². The first-order valence-corrected chi connectivity index (χ1v) is 24.2. The van der Waals surface area contributed by atoms with Crippen LogP contribution in [0.5, 0.6) is 0 Å². The minimum Gasteiger partial charge on any atom is -0.311 e. The zero-order valence-corrected chi connectivity index (χ0v) is 40.7. The molecule has 0 spiro atoms. The van der Waals surface area contributed by atoms with Crippen molar-refractivity contribution in [2.45, 2.75) is 27.7 Å². The first-order valence-electron chi connectivity index (χ1n) is 24.2. The molecule has 9 aromatic carbocycles. The second-order valence-electron chi connectivity index (χ2n) is 16.6. The molecule has 0 bridgehead atoms. The molecule has 0 radical (unpaired) electrons. The third-order valence-electron chi connectivity index (χ3n) is 12.4. The molecule has 2 nitrogen and oxygen atoms in total. The van der Waals surface area contributed by atoms with Crippen LogP contribution in [0.25, 0.3) is 55.7 Å². The average molecular weight is 905 g/mol. The molecule has 0 aliphatic carbocycles. The smallest absolute Gasteiger partial charge is 0.0462 e. The summed E-state index contributed by atoms with van der Waals surface area (Å²) in [4.78, 5) is 4.64. The highest BCUT2D eigenvalue weighted by Gasteiger charge is 2.16. The lowest BCUT2D eigenvalue weighted by Crippen LogP contribution is -2.10. The molecule has 2 heteroatoms. The van der Waals surface area contributed by atoms with Gasteiger partial charge in [0.1, 0.15) is 0 Å². The van der Waals surface area contributed by atoms with Gasteiger partial charge in [0.15, 0.2) is 0 Å². The van der Waals surface area contributed by atoms with Gasteiger partial charge in [-0.15, -0.1) is 0 Å². The molecule has 0 unspecified atom stereocenters. The van der Waals surface area contributed by atoms with E-state index in [1.54, 1.807) is 6.08 Å². The van der Waals surface area contributed by atoms with Gasteiger partial charge >= 0.3 is 0 Å². The molecule has 0 heterocycles. The Hall–Kier alpha value is -8.72. The van der Waals surface area contributed by atoms with Crippen LogP contribution in [-0.4, -0.2) is 0 Å². The fourth-order valence-corrected chi connectivity index (χ4v) is 8.78. The Morgan fingerprint density at radius 2 is 0.586 bits per heavy atom. The van der Waals surface area contributed by atoms with Crippen molar-refractivity contribution in [2.75, 3.05) is 9.80 Å². The van der Waals surface area contributed by atoms with Crippen LogP contribution < -0.4 is 9.80 Å². The molecule has 9 rings (SSSR count). The van der Waals surface area contributed by atoms with E-state index in [0.29, 0.717) is 0 Å². The van der Waals surface area contributed by atoms with Crippen molar-refractivity contribution in [2.24, 2.45) is 0 Å². The van der Waals surface area contributed by atoms with Gasteiger partial charge in [0, 0.05) is 34.1 Å². The molecule has 0 N–H and O–H groups in total. The van der Waals surface area contributed by atoms with Gasteiger partial charge in [-0.3, -0.25) is 0 Å². The molecule has 70 heavy (non-hydrogen) atoms. The van der Waals surface area contributed by atoms with Gasteiger partial charge < -0.3 is 9.80 Å². The van der Waals surface area contributed by atoms with Crippen molar-refractivity contribution in [3.8, 4) is 44.5 Å². The number of anilines is 6. The van der Waals surface area contributed by atoms with Crippen molar-refractivity contribution >= 4 is 45.3 Å². The van der Waals surface area contributed by atoms with E-state index in [-0.39, 0.29) is 0 Å². The molecule has 342 valence electrons. The van der Waals surface area contributed by atoms with Crippen molar-refractivity contribution in [1.82, 2.24) is 0 Å². The first-order chi connectivity index (χ1) is 34.5. The Balaban J connectivity index is 0.00000325. The summed E-state index contributed by atoms with van der Waals surface area (Å²) in [6, 6.07) is 82.8. The Labute approximate surface area is 416 Å². The number of benzene rings is 9.